The molecule has 0 radical (unpaired) electrons. The average molecular weight is 431 g/mol. The smallest absolute Gasteiger partial charge is 0.323 e. The number of hydrogen-bond acceptors (Lipinski definition) is 5. The number of aryl methyl sites for hydroxylation is 1. The summed E-state index contributed by atoms with van der Waals surface area (Å²) < 4.78 is 24.1. The third-order valence-electron chi connectivity index (χ3n) is 5.57. The lowest BCUT2D eigenvalue weighted by Gasteiger charge is -2.22. The molecule has 30 heavy (non-hydrogen) atoms. The molecular weight excluding hydrogens is 401 g/mol. The molecule has 1 fully saturated rings. The highest BCUT2D eigenvalue weighted by Crippen LogP contribution is 2.49. The second kappa shape index (κ2) is 10.2. The highest BCUT2D eigenvalue weighted by molar-refractivity contribution is 7.52. The summed E-state index contributed by atoms with van der Waals surface area (Å²) in [6.07, 6.45) is 11.5. The molecule has 3 rings (SSSR count). The number of amides is 1. The minimum absolute atomic E-state index is 0.180. The Kier molecular flexibility index (Phi) is 7.64. The van der Waals surface area contributed by atoms with Gasteiger partial charge in [-0.25, -0.2) is 0 Å². The Hall–Kier alpha value is -2.21. The van der Waals surface area contributed by atoms with Crippen molar-refractivity contribution in [2.24, 2.45) is 7.05 Å². The number of carbonyl (C=O) groups excluding carboxylic acids is 1. The van der Waals surface area contributed by atoms with Gasteiger partial charge in [0.25, 0.3) is 0 Å². The SMILES string of the molecule is COP(=O)(Cc1ccc(NC(=O)C=Cc2cnn(C)c2C2CCCCC2)cc1)OC. The molecule has 162 valence electrons. The third kappa shape index (κ3) is 5.69. The molecule has 2 aromatic rings. The van der Waals surface area contributed by atoms with Gasteiger partial charge in [-0.3, -0.25) is 14.0 Å². The summed E-state index contributed by atoms with van der Waals surface area (Å²) >= 11 is 0. The fourth-order valence-corrected chi connectivity index (χ4v) is 5.00. The van der Waals surface area contributed by atoms with Gasteiger partial charge in [0.2, 0.25) is 5.91 Å². The van der Waals surface area contributed by atoms with Gasteiger partial charge in [0, 0.05) is 50.2 Å². The van der Waals surface area contributed by atoms with Crippen LogP contribution in [0.15, 0.2) is 36.5 Å². The zero-order valence-corrected chi connectivity index (χ0v) is 18.7. The Morgan fingerprint density at radius 1 is 1.20 bits per heavy atom. The van der Waals surface area contributed by atoms with Crippen LogP contribution in [-0.2, 0) is 31.6 Å². The van der Waals surface area contributed by atoms with Crippen molar-refractivity contribution >= 4 is 25.3 Å². The van der Waals surface area contributed by atoms with Crippen LogP contribution < -0.4 is 5.32 Å². The number of benzene rings is 1. The minimum atomic E-state index is -3.11. The molecule has 1 saturated carbocycles. The topological polar surface area (TPSA) is 82.5 Å². The van der Waals surface area contributed by atoms with Gasteiger partial charge in [0.05, 0.1) is 12.4 Å². The number of aromatic nitrogens is 2. The first-order valence-electron chi connectivity index (χ1n) is 10.2. The van der Waals surface area contributed by atoms with E-state index in [1.54, 1.807) is 30.3 Å². The predicted octanol–water partition coefficient (Wildman–Crippen LogP) is 5.11. The van der Waals surface area contributed by atoms with Gasteiger partial charge in [-0.1, -0.05) is 31.4 Å². The van der Waals surface area contributed by atoms with Gasteiger partial charge in [-0.15, -0.1) is 0 Å². The summed E-state index contributed by atoms with van der Waals surface area (Å²) in [7, 11) is 1.59. The first-order valence-corrected chi connectivity index (χ1v) is 12.0. The third-order valence-corrected chi connectivity index (χ3v) is 7.44. The summed E-state index contributed by atoms with van der Waals surface area (Å²) in [4.78, 5) is 12.4. The van der Waals surface area contributed by atoms with Crippen LogP contribution in [0.3, 0.4) is 0 Å². The summed E-state index contributed by atoms with van der Waals surface area (Å²) in [5, 5.41) is 7.25. The standard InChI is InChI=1S/C22H30N3O4P/c1-25-22(18-7-5-4-6-8-18)19(15-23-25)11-14-21(26)24-20-12-9-17(10-13-20)16-30(27,28-2)29-3/h9-15,18H,4-8,16H2,1-3H3,(H,24,26). The Bertz CT molecular complexity index is 922. The van der Waals surface area contributed by atoms with E-state index < -0.39 is 7.60 Å². The van der Waals surface area contributed by atoms with Crippen LogP contribution in [0.5, 0.6) is 0 Å². The van der Waals surface area contributed by atoms with Crippen molar-refractivity contribution in [1.29, 1.82) is 0 Å². The van der Waals surface area contributed by atoms with Crippen LogP contribution in [0.4, 0.5) is 5.69 Å². The van der Waals surface area contributed by atoms with E-state index in [2.05, 4.69) is 10.4 Å². The van der Waals surface area contributed by atoms with Gasteiger partial charge in [0.1, 0.15) is 0 Å². The highest BCUT2D eigenvalue weighted by Gasteiger charge is 2.22. The van der Waals surface area contributed by atoms with E-state index in [1.807, 2.05) is 24.0 Å². The highest BCUT2D eigenvalue weighted by atomic mass is 31.2. The van der Waals surface area contributed by atoms with Crippen molar-refractivity contribution < 1.29 is 18.4 Å². The molecule has 1 heterocycles. The lowest BCUT2D eigenvalue weighted by atomic mass is 9.85. The van der Waals surface area contributed by atoms with Crippen molar-refractivity contribution in [2.45, 2.75) is 44.2 Å². The van der Waals surface area contributed by atoms with Crippen molar-refractivity contribution in [2.75, 3.05) is 19.5 Å². The lowest BCUT2D eigenvalue weighted by molar-refractivity contribution is -0.111. The first kappa shape index (κ1) is 22.5. The second-order valence-electron chi connectivity index (χ2n) is 7.60. The van der Waals surface area contributed by atoms with Crippen molar-refractivity contribution in [3.8, 4) is 0 Å². The molecule has 1 aromatic carbocycles. The van der Waals surface area contributed by atoms with Crippen LogP contribution in [-0.4, -0.2) is 29.9 Å². The Balaban J connectivity index is 1.62. The van der Waals surface area contributed by atoms with Crippen LogP contribution in [0.1, 0.15) is 54.8 Å². The lowest BCUT2D eigenvalue weighted by Crippen LogP contribution is -2.11. The molecule has 1 aliphatic rings. The van der Waals surface area contributed by atoms with Gasteiger partial charge in [-0.2, -0.15) is 5.10 Å². The molecule has 0 unspecified atom stereocenters. The van der Waals surface area contributed by atoms with Gasteiger partial charge in [-0.05, 0) is 36.6 Å². The molecule has 1 N–H and O–H groups in total. The molecule has 0 bridgehead atoms. The molecule has 0 atom stereocenters. The summed E-state index contributed by atoms with van der Waals surface area (Å²) in [6.45, 7) is 0. The second-order valence-corrected chi connectivity index (χ2v) is 9.87. The monoisotopic (exact) mass is 431 g/mol. The fourth-order valence-electron chi connectivity index (χ4n) is 3.94. The summed E-state index contributed by atoms with van der Waals surface area (Å²) in [5.41, 5.74) is 3.69. The minimum Gasteiger partial charge on any atom is -0.323 e. The largest absolute Gasteiger partial charge is 0.334 e. The zero-order valence-electron chi connectivity index (χ0n) is 17.8. The molecule has 8 heteroatoms. The Morgan fingerprint density at radius 3 is 2.50 bits per heavy atom. The summed E-state index contributed by atoms with van der Waals surface area (Å²) in [5.74, 6) is 0.303. The predicted molar refractivity (Wildman–Crippen MR) is 118 cm³/mol. The normalized spacial score (nSPS) is 15.6. The zero-order chi connectivity index (χ0) is 21.6. The molecule has 1 aromatic heterocycles. The van der Waals surface area contributed by atoms with Crippen molar-refractivity contribution in [1.82, 2.24) is 9.78 Å². The van der Waals surface area contributed by atoms with E-state index >= 15 is 0 Å². The Labute approximate surface area is 178 Å². The van der Waals surface area contributed by atoms with Crippen molar-refractivity contribution in [3.05, 3.63) is 53.4 Å². The van der Waals surface area contributed by atoms with E-state index in [0.717, 1.165) is 11.1 Å². The van der Waals surface area contributed by atoms with Gasteiger partial charge >= 0.3 is 7.60 Å². The van der Waals surface area contributed by atoms with E-state index in [4.69, 9.17) is 9.05 Å². The van der Waals surface area contributed by atoms with Gasteiger partial charge < -0.3 is 14.4 Å². The van der Waals surface area contributed by atoms with Crippen LogP contribution in [0, 0.1) is 0 Å². The van der Waals surface area contributed by atoms with Crippen molar-refractivity contribution in [3.63, 3.8) is 0 Å². The number of carbonyl (C=O) groups is 1. The summed E-state index contributed by atoms with van der Waals surface area (Å²) in [6, 6.07) is 7.14. The fraction of sp³-hybridized carbons (Fsp3) is 0.455. The number of anilines is 1. The molecule has 0 saturated heterocycles. The van der Waals surface area contributed by atoms with Crippen LogP contribution in [0.2, 0.25) is 0 Å². The van der Waals surface area contributed by atoms with E-state index in [9.17, 15) is 9.36 Å². The molecule has 0 spiro atoms. The maximum atomic E-state index is 12.4. The number of rotatable bonds is 8. The van der Waals surface area contributed by atoms with Crippen LogP contribution in [0.25, 0.3) is 6.08 Å². The number of hydrogen-bond donors (Lipinski definition) is 1. The maximum Gasteiger partial charge on any atom is 0.334 e. The maximum absolute atomic E-state index is 12.4. The molecular formula is C22H30N3O4P. The average Bonchev–Trinajstić information content (AvgIpc) is 3.14. The molecule has 1 amide bonds. The number of nitrogens with one attached hydrogen (secondary N) is 1. The van der Waals surface area contributed by atoms with Crippen LogP contribution >= 0.6 is 7.60 Å². The molecule has 0 aliphatic heterocycles. The Morgan fingerprint density at radius 2 is 1.87 bits per heavy atom. The van der Waals surface area contributed by atoms with Gasteiger partial charge in [0.15, 0.2) is 0 Å². The van der Waals surface area contributed by atoms with E-state index in [1.165, 1.54) is 52.0 Å². The quantitative estimate of drug-likeness (QED) is 0.464. The molecule has 7 nitrogen and oxygen atoms in total. The molecule has 1 aliphatic carbocycles. The van der Waals surface area contributed by atoms with E-state index in [-0.39, 0.29) is 12.1 Å². The first-order chi connectivity index (χ1) is 14.4. The van der Waals surface area contributed by atoms with E-state index in [0.29, 0.717) is 11.6 Å². The number of nitrogens with zero attached hydrogens (tertiary/aromatic N) is 2.